The molecule has 0 fully saturated rings. The molecule has 1 heterocycles. The van der Waals surface area contributed by atoms with Crippen molar-refractivity contribution in [1.82, 2.24) is 9.88 Å². The van der Waals surface area contributed by atoms with Gasteiger partial charge < -0.3 is 10.1 Å². The minimum Gasteiger partial charge on any atom is -0.508 e. The molecule has 3 nitrogen and oxygen atoms in total. The SMILES string of the molecule is Oc1ccc2[nH]cc(CCN(Cc3ccccc3)Cc3ccccc3)c2c1. The van der Waals surface area contributed by atoms with Gasteiger partial charge in [-0.05, 0) is 41.3 Å². The number of rotatable bonds is 7. The second kappa shape index (κ2) is 8.11. The maximum atomic E-state index is 9.82. The van der Waals surface area contributed by atoms with Crippen LogP contribution in [0.2, 0.25) is 0 Å². The number of phenolic OH excluding ortho intramolecular Hbond substituents is 1. The number of nitrogens with one attached hydrogen (secondary N) is 1. The first-order valence-electron chi connectivity index (χ1n) is 9.37. The minimum atomic E-state index is 0.314. The van der Waals surface area contributed by atoms with Crippen LogP contribution >= 0.6 is 0 Å². The summed E-state index contributed by atoms with van der Waals surface area (Å²) in [6.07, 6.45) is 3.00. The average molecular weight is 356 g/mol. The molecule has 4 aromatic rings. The molecule has 0 radical (unpaired) electrons. The van der Waals surface area contributed by atoms with Crippen LogP contribution in [0.5, 0.6) is 5.75 Å². The van der Waals surface area contributed by atoms with Gasteiger partial charge in [-0.25, -0.2) is 0 Å². The third-order valence-electron chi connectivity index (χ3n) is 4.95. The van der Waals surface area contributed by atoms with Crippen molar-refractivity contribution in [3.05, 3.63) is 102 Å². The Labute approximate surface area is 159 Å². The number of hydrogen-bond donors (Lipinski definition) is 2. The summed E-state index contributed by atoms with van der Waals surface area (Å²) in [6, 6.07) is 26.7. The first kappa shape index (κ1) is 17.4. The third kappa shape index (κ3) is 4.39. The van der Waals surface area contributed by atoms with Gasteiger partial charge >= 0.3 is 0 Å². The highest BCUT2D eigenvalue weighted by molar-refractivity contribution is 5.84. The Kier molecular flexibility index (Phi) is 5.22. The number of nitrogens with zero attached hydrogens (tertiary/aromatic N) is 1. The van der Waals surface area contributed by atoms with Crippen LogP contribution < -0.4 is 0 Å². The highest BCUT2D eigenvalue weighted by Gasteiger charge is 2.10. The van der Waals surface area contributed by atoms with Gasteiger partial charge in [0.25, 0.3) is 0 Å². The molecule has 0 aliphatic carbocycles. The lowest BCUT2D eigenvalue weighted by molar-refractivity contribution is 0.260. The van der Waals surface area contributed by atoms with Crippen LogP contribution in [0.1, 0.15) is 16.7 Å². The molecule has 1 aromatic heterocycles. The van der Waals surface area contributed by atoms with E-state index in [0.29, 0.717) is 5.75 Å². The molecule has 0 aliphatic heterocycles. The summed E-state index contributed by atoms with van der Waals surface area (Å²) in [4.78, 5) is 5.79. The summed E-state index contributed by atoms with van der Waals surface area (Å²) in [7, 11) is 0. The van der Waals surface area contributed by atoms with Crippen molar-refractivity contribution in [2.75, 3.05) is 6.54 Å². The molecule has 0 amide bonds. The third-order valence-corrected chi connectivity index (χ3v) is 4.95. The quantitative estimate of drug-likeness (QED) is 0.482. The summed E-state index contributed by atoms with van der Waals surface area (Å²) in [5.41, 5.74) is 4.96. The van der Waals surface area contributed by atoms with Crippen LogP contribution in [-0.2, 0) is 19.5 Å². The van der Waals surface area contributed by atoms with Crippen molar-refractivity contribution < 1.29 is 5.11 Å². The van der Waals surface area contributed by atoms with E-state index in [1.54, 1.807) is 6.07 Å². The van der Waals surface area contributed by atoms with Crippen molar-refractivity contribution >= 4 is 10.9 Å². The van der Waals surface area contributed by atoms with Gasteiger partial charge in [-0.1, -0.05) is 60.7 Å². The van der Waals surface area contributed by atoms with E-state index in [1.807, 2.05) is 12.1 Å². The number of phenols is 1. The lowest BCUT2D eigenvalue weighted by atomic mass is 10.1. The number of aromatic nitrogens is 1. The van der Waals surface area contributed by atoms with Crippen LogP contribution in [0.3, 0.4) is 0 Å². The average Bonchev–Trinajstić information content (AvgIpc) is 3.10. The zero-order chi connectivity index (χ0) is 18.5. The maximum Gasteiger partial charge on any atom is 0.116 e. The molecular formula is C24H24N2O. The number of benzene rings is 3. The van der Waals surface area contributed by atoms with Gasteiger partial charge in [0.1, 0.15) is 5.75 Å². The highest BCUT2D eigenvalue weighted by Crippen LogP contribution is 2.23. The van der Waals surface area contributed by atoms with Gasteiger partial charge in [0.15, 0.2) is 0 Å². The van der Waals surface area contributed by atoms with E-state index in [1.165, 1.54) is 16.7 Å². The zero-order valence-corrected chi connectivity index (χ0v) is 15.3. The van der Waals surface area contributed by atoms with Crippen LogP contribution in [0.15, 0.2) is 85.1 Å². The summed E-state index contributed by atoms with van der Waals surface area (Å²) >= 11 is 0. The maximum absolute atomic E-state index is 9.82. The van der Waals surface area contributed by atoms with E-state index in [2.05, 4.69) is 76.7 Å². The van der Waals surface area contributed by atoms with E-state index < -0.39 is 0 Å². The Balaban J connectivity index is 1.51. The van der Waals surface area contributed by atoms with Gasteiger partial charge in [-0.3, -0.25) is 4.90 Å². The molecule has 0 saturated heterocycles. The van der Waals surface area contributed by atoms with Crippen LogP contribution in [0.4, 0.5) is 0 Å². The van der Waals surface area contributed by atoms with Gasteiger partial charge in [0, 0.05) is 36.7 Å². The highest BCUT2D eigenvalue weighted by atomic mass is 16.3. The minimum absolute atomic E-state index is 0.314. The fraction of sp³-hybridized carbons (Fsp3) is 0.167. The lowest BCUT2D eigenvalue weighted by Crippen LogP contribution is -2.25. The Morgan fingerprint density at radius 2 is 1.41 bits per heavy atom. The van der Waals surface area contributed by atoms with Crippen molar-refractivity contribution in [2.45, 2.75) is 19.5 Å². The van der Waals surface area contributed by atoms with E-state index in [9.17, 15) is 5.11 Å². The molecule has 0 aliphatic rings. The Bertz CT molecular complexity index is 951. The molecule has 0 atom stereocenters. The predicted molar refractivity (Wildman–Crippen MR) is 111 cm³/mol. The second-order valence-corrected chi connectivity index (χ2v) is 6.98. The number of hydrogen-bond acceptors (Lipinski definition) is 2. The first-order chi connectivity index (χ1) is 13.3. The number of aromatic hydroxyl groups is 1. The van der Waals surface area contributed by atoms with E-state index in [-0.39, 0.29) is 0 Å². The summed E-state index contributed by atoms with van der Waals surface area (Å²) in [5.74, 6) is 0.314. The number of aromatic amines is 1. The molecule has 0 spiro atoms. The van der Waals surface area contributed by atoms with Crippen molar-refractivity contribution in [3.8, 4) is 5.75 Å². The van der Waals surface area contributed by atoms with Gasteiger partial charge in [-0.15, -0.1) is 0 Å². The molecule has 0 saturated carbocycles. The lowest BCUT2D eigenvalue weighted by Gasteiger charge is -2.22. The largest absolute Gasteiger partial charge is 0.508 e. The van der Waals surface area contributed by atoms with Crippen LogP contribution in [0.25, 0.3) is 10.9 Å². The van der Waals surface area contributed by atoms with Crippen molar-refractivity contribution in [2.24, 2.45) is 0 Å². The van der Waals surface area contributed by atoms with E-state index in [4.69, 9.17) is 0 Å². The van der Waals surface area contributed by atoms with Gasteiger partial charge in [0.2, 0.25) is 0 Å². The molecule has 0 bridgehead atoms. The van der Waals surface area contributed by atoms with Gasteiger partial charge in [-0.2, -0.15) is 0 Å². The molecule has 136 valence electrons. The van der Waals surface area contributed by atoms with Crippen LogP contribution in [-0.4, -0.2) is 21.5 Å². The normalized spacial score (nSPS) is 11.3. The van der Waals surface area contributed by atoms with Crippen LogP contribution in [0, 0.1) is 0 Å². The summed E-state index contributed by atoms with van der Waals surface area (Å²) in [5, 5.41) is 10.9. The monoisotopic (exact) mass is 356 g/mol. The fourth-order valence-electron chi connectivity index (χ4n) is 3.55. The standard InChI is InChI=1S/C24H24N2O/c27-22-11-12-24-23(15-22)21(16-25-24)13-14-26(17-19-7-3-1-4-8-19)18-20-9-5-2-6-10-20/h1-12,15-16,25,27H,13-14,17-18H2. The van der Waals surface area contributed by atoms with E-state index in [0.717, 1.165) is 37.0 Å². The molecule has 3 aromatic carbocycles. The molecular weight excluding hydrogens is 332 g/mol. The predicted octanol–water partition coefficient (Wildman–Crippen LogP) is 5.12. The fourth-order valence-corrected chi connectivity index (χ4v) is 3.55. The van der Waals surface area contributed by atoms with E-state index >= 15 is 0 Å². The first-order valence-corrected chi connectivity index (χ1v) is 9.37. The molecule has 2 N–H and O–H groups in total. The molecule has 4 rings (SSSR count). The second-order valence-electron chi connectivity index (χ2n) is 6.98. The summed E-state index contributed by atoms with van der Waals surface area (Å²) < 4.78 is 0. The van der Waals surface area contributed by atoms with Crippen molar-refractivity contribution in [1.29, 1.82) is 0 Å². The Morgan fingerprint density at radius 3 is 2.04 bits per heavy atom. The number of H-pyrrole nitrogens is 1. The molecule has 27 heavy (non-hydrogen) atoms. The topological polar surface area (TPSA) is 39.3 Å². The summed E-state index contributed by atoms with van der Waals surface area (Å²) in [6.45, 7) is 2.79. The molecule has 3 heteroatoms. The smallest absolute Gasteiger partial charge is 0.116 e. The Hall–Kier alpha value is -3.04. The van der Waals surface area contributed by atoms with Crippen molar-refractivity contribution in [3.63, 3.8) is 0 Å². The van der Waals surface area contributed by atoms with Gasteiger partial charge in [0.05, 0.1) is 0 Å². The molecule has 0 unspecified atom stereocenters. The zero-order valence-electron chi connectivity index (χ0n) is 15.3. The number of fused-ring (bicyclic) bond motifs is 1. The Morgan fingerprint density at radius 1 is 0.778 bits per heavy atom.